The van der Waals surface area contributed by atoms with Gasteiger partial charge in [0.05, 0.1) is 12.2 Å². The molecule has 78 valence electrons. The Bertz CT molecular complexity index is 433. The van der Waals surface area contributed by atoms with Gasteiger partial charge in [-0.2, -0.15) is 5.26 Å². The molecular formula is C11H12N2O2. The van der Waals surface area contributed by atoms with Crippen molar-refractivity contribution >= 4 is 11.5 Å². The van der Waals surface area contributed by atoms with Crippen molar-refractivity contribution in [1.29, 1.82) is 5.26 Å². The van der Waals surface area contributed by atoms with Crippen LogP contribution in [0.1, 0.15) is 29.8 Å². The summed E-state index contributed by atoms with van der Waals surface area (Å²) in [5.41, 5.74) is 6.39. The number of ether oxygens (including phenoxy) is 1. The predicted octanol–water partition coefficient (Wildman–Crippen LogP) is 1.74. The van der Waals surface area contributed by atoms with Gasteiger partial charge in [0.15, 0.2) is 5.78 Å². The van der Waals surface area contributed by atoms with E-state index >= 15 is 0 Å². The van der Waals surface area contributed by atoms with Crippen molar-refractivity contribution in [2.45, 2.75) is 13.8 Å². The smallest absolute Gasteiger partial charge is 0.163 e. The second-order valence-electron chi connectivity index (χ2n) is 3.00. The maximum atomic E-state index is 11.3. The highest BCUT2D eigenvalue weighted by atomic mass is 16.5. The average molecular weight is 204 g/mol. The number of rotatable bonds is 3. The van der Waals surface area contributed by atoms with Crippen LogP contribution in [0.25, 0.3) is 0 Å². The van der Waals surface area contributed by atoms with Crippen LogP contribution < -0.4 is 10.5 Å². The lowest BCUT2D eigenvalue weighted by atomic mass is 10.0. The number of nitrogen functional groups attached to an aromatic ring is 1. The normalized spacial score (nSPS) is 9.40. The number of carbonyl (C=O) groups excluding carboxylic acids is 1. The van der Waals surface area contributed by atoms with Gasteiger partial charge in [0, 0.05) is 5.69 Å². The third-order valence-electron chi connectivity index (χ3n) is 1.96. The van der Waals surface area contributed by atoms with E-state index in [-0.39, 0.29) is 16.9 Å². The number of Topliss-reactive ketones (excluding diaryl/α,β-unsaturated/α-hetero) is 1. The molecule has 0 saturated heterocycles. The van der Waals surface area contributed by atoms with Crippen LogP contribution in [0.15, 0.2) is 12.1 Å². The van der Waals surface area contributed by atoms with E-state index in [0.717, 1.165) is 0 Å². The molecule has 1 rings (SSSR count). The van der Waals surface area contributed by atoms with Crippen LogP contribution in [0, 0.1) is 11.3 Å². The van der Waals surface area contributed by atoms with Crippen LogP contribution >= 0.6 is 0 Å². The zero-order chi connectivity index (χ0) is 11.4. The number of ketones is 1. The fourth-order valence-electron chi connectivity index (χ4n) is 1.37. The van der Waals surface area contributed by atoms with Crippen molar-refractivity contribution in [3.8, 4) is 11.8 Å². The summed E-state index contributed by atoms with van der Waals surface area (Å²) in [6.07, 6.45) is 0. The van der Waals surface area contributed by atoms with Gasteiger partial charge in [-0.1, -0.05) is 0 Å². The van der Waals surface area contributed by atoms with Gasteiger partial charge in [-0.25, -0.2) is 0 Å². The topological polar surface area (TPSA) is 76.1 Å². The number of hydrogen-bond acceptors (Lipinski definition) is 4. The minimum absolute atomic E-state index is 0.212. The number of benzene rings is 1. The van der Waals surface area contributed by atoms with E-state index in [9.17, 15) is 4.79 Å². The van der Waals surface area contributed by atoms with Crippen molar-refractivity contribution < 1.29 is 9.53 Å². The highest BCUT2D eigenvalue weighted by molar-refractivity contribution is 6.02. The number of nitrogens with zero attached hydrogens (tertiary/aromatic N) is 1. The minimum Gasteiger partial charge on any atom is -0.492 e. The quantitative estimate of drug-likeness (QED) is 0.601. The molecule has 0 aromatic heterocycles. The standard InChI is InChI=1S/C11H12N2O2/c1-3-15-10-5-4-9(13)11(7(2)14)8(10)6-12/h4-5H,3,13H2,1-2H3. The van der Waals surface area contributed by atoms with E-state index in [2.05, 4.69) is 0 Å². The fourth-order valence-corrected chi connectivity index (χ4v) is 1.37. The average Bonchev–Trinajstić information content (AvgIpc) is 2.19. The summed E-state index contributed by atoms with van der Waals surface area (Å²) in [4.78, 5) is 11.3. The first-order chi connectivity index (χ1) is 7.11. The molecule has 1 aromatic carbocycles. The Morgan fingerprint density at radius 2 is 2.27 bits per heavy atom. The van der Waals surface area contributed by atoms with E-state index in [1.807, 2.05) is 13.0 Å². The first-order valence-corrected chi connectivity index (χ1v) is 4.58. The Balaban J connectivity index is 3.42. The molecule has 15 heavy (non-hydrogen) atoms. The summed E-state index contributed by atoms with van der Waals surface area (Å²) in [5, 5.41) is 8.96. The molecule has 0 saturated carbocycles. The molecule has 0 aliphatic carbocycles. The van der Waals surface area contributed by atoms with Crippen LogP contribution in [0.5, 0.6) is 5.75 Å². The first kappa shape index (κ1) is 11.1. The molecule has 0 aliphatic heterocycles. The van der Waals surface area contributed by atoms with Crippen LogP contribution in [0.4, 0.5) is 5.69 Å². The van der Waals surface area contributed by atoms with Crippen molar-refractivity contribution in [1.82, 2.24) is 0 Å². The molecule has 0 heterocycles. The maximum Gasteiger partial charge on any atom is 0.163 e. The maximum absolute atomic E-state index is 11.3. The molecule has 0 fully saturated rings. The first-order valence-electron chi connectivity index (χ1n) is 4.58. The van der Waals surface area contributed by atoms with E-state index in [4.69, 9.17) is 15.7 Å². The SMILES string of the molecule is CCOc1ccc(N)c(C(C)=O)c1C#N. The van der Waals surface area contributed by atoms with E-state index in [0.29, 0.717) is 18.0 Å². The largest absolute Gasteiger partial charge is 0.492 e. The molecular weight excluding hydrogens is 192 g/mol. The lowest BCUT2D eigenvalue weighted by molar-refractivity contribution is 0.101. The van der Waals surface area contributed by atoms with Gasteiger partial charge in [0.2, 0.25) is 0 Å². The molecule has 1 aromatic rings. The molecule has 4 nitrogen and oxygen atoms in total. The number of nitrogens with two attached hydrogens (primary N) is 1. The third kappa shape index (κ3) is 2.08. The molecule has 0 aliphatic rings. The lowest BCUT2D eigenvalue weighted by Gasteiger charge is -2.10. The zero-order valence-corrected chi connectivity index (χ0v) is 8.70. The number of carbonyl (C=O) groups is 1. The Morgan fingerprint density at radius 3 is 2.73 bits per heavy atom. The molecule has 0 spiro atoms. The summed E-state index contributed by atoms with van der Waals surface area (Å²) in [7, 11) is 0. The minimum atomic E-state index is -0.231. The molecule has 0 amide bonds. The molecule has 0 atom stereocenters. The molecule has 0 unspecified atom stereocenters. The van der Waals surface area contributed by atoms with E-state index < -0.39 is 0 Å². The summed E-state index contributed by atoms with van der Waals surface area (Å²) < 4.78 is 5.24. The number of nitriles is 1. The number of hydrogen-bond donors (Lipinski definition) is 1. The molecule has 4 heteroatoms. The van der Waals surface area contributed by atoms with Crippen LogP contribution in [-0.4, -0.2) is 12.4 Å². The Kier molecular flexibility index (Phi) is 3.29. The fraction of sp³-hybridized carbons (Fsp3) is 0.273. The second-order valence-corrected chi connectivity index (χ2v) is 3.00. The van der Waals surface area contributed by atoms with Crippen LogP contribution in [0.2, 0.25) is 0 Å². The van der Waals surface area contributed by atoms with Crippen molar-refractivity contribution in [3.05, 3.63) is 23.3 Å². The highest BCUT2D eigenvalue weighted by Crippen LogP contribution is 2.27. The van der Waals surface area contributed by atoms with E-state index in [1.54, 1.807) is 12.1 Å². The summed E-state index contributed by atoms with van der Waals surface area (Å²) in [5.74, 6) is 0.171. The Morgan fingerprint density at radius 1 is 1.60 bits per heavy atom. The Labute approximate surface area is 88.3 Å². The van der Waals surface area contributed by atoms with Gasteiger partial charge < -0.3 is 10.5 Å². The summed E-state index contributed by atoms with van der Waals surface area (Å²) in [6.45, 7) is 3.63. The summed E-state index contributed by atoms with van der Waals surface area (Å²) >= 11 is 0. The van der Waals surface area contributed by atoms with Crippen molar-refractivity contribution in [2.24, 2.45) is 0 Å². The van der Waals surface area contributed by atoms with Gasteiger partial charge in [0.25, 0.3) is 0 Å². The lowest BCUT2D eigenvalue weighted by Crippen LogP contribution is -2.05. The van der Waals surface area contributed by atoms with Gasteiger partial charge in [0.1, 0.15) is 17.4 Å². The Hall–Kier alpha value is -2.02. The zero-order valence-electron chi connectivity index (χ0n) is 8.70. The van der Waals surface area contributed by atoms with Gasteiger partial charge >= 0.3 is 0 Å². The van der Waals surface area contributed by atoms with Crippen LogP contribution in [-0.2, 0) is 0 Å². The monoisotopic (exact) mass is 204 g/mol. The highest BCUT2D eigenvalue weighted by Gasteiger charge is 2.15. The molecule has 0 bridgehead atoms. The van der Waals surface area contributed by atoms with Gasteiger partial charge in [-0.15, -0.1) is 0 Å². The second kappa shape index (κ2) is 4.47. The van der Waals surface area contributed by atoms with Crippen molar-refractivity contribution in [2.75, 3.05) is 12.3 Å². The van der Waals surface area contributed by atoms with Crippen LogP contribution in [0.3, 0.4) is 0 Å². The molecule has 2 N–H and O–H groups in total. The van der Waals surface area contributed by atoms with Gasteiger partial charge in [-0.05, 0) is 26.0 Å². The molecule has 0 radical (unpaired) electrons. The van der Waals surface area contributed by atoms with E-state index in [1.165, 1.54) is 6.92 Å². The number of anilines is 1. The third-order valence-corrected chi connectivity index (χ3v) is 1.96. The summed E-state index contributed by atoms with van der Waals surface area (Å²) in [6, 6.07) is 5.12. The predicted molar refractivity (Wildman–Crippen MR) is 56.7 cm³/mol. The van der Waals surface area contributed by atoms with Gasteiger partial charge in [-0.3, -0.25) is 4.79 Å². The van der Waals surface area contributed by atoms with Crippen molar-refractivity contribution in [3.63, 3.8) is 0 Å².